The number of urea groups is 1. The first kappa shape index (κ1) is 15.1. The standard InChI is InChI=1S/C16H13ClN4O2/c17-11-5-7-12(8-6-11)19-16(23)21-14-15(22)20-13-4-2-1-3-10(13)9-18-14/h1-9,14H,(H,20,22)(H2,19,21,23)/t14-/m1/s1. The van der Waals surface area contributed by atoms with E-state index in [0.29, 0.717) is 16.4 Å². The zero-order valence-electron chi connectivity index (χ0n) is 11.9. The van der Waals surface area contributed by atoms with E-state index in [1.165, 1.54) is 0 Å². The molecule has 3 amide bonds. The third-order valence-corrected chi connectivity index (χ3v) is 3.45. The fraction of sp³-hybridized carbons (Fsp3) is 0.0625. The van der Waals surface area contributed by atoms with Crippen molar-refractivity contribution in [1.29, 1.82) is 0 Å². The van der Waals surface area contributed by atoms with Crippen molar-refractivity contribution in [2.24, 2.45) is 4.99 Å². The number of carbonyl (C=O) groups is 2. The summed E-state index contributed by atoms with van der Waals surface area (Å²) in [7, 11) is 0. The summed E-state index contributed by atoms with van der Waals surface area (Å²) in [5.74, 6) is -0.405. The number of benzene rings is 2. The molecular formula is C16H13ClN4O2. The molecule has 2 aromatic rings. The van der Waals surface area contributed by atoms with E-state index in [-0.39, 0.29) is 0 Å². The summed E-state index contributed by atoms with van der Waals surface area (Å²) in [6.07, 6.45) is 0.551. The number of fused-ring (bicyclic) bond motifs is 1. The van der Waals surface area contributed by atoms with E-state index in [1.807, 2.05) is 18.2 Å². The summed E-state index contributed by atoms with van der Waals surface area (Å²) in [6, 6.07) is 13.4. The lowest BCUT2D eigenvalue weighted by Crippen LogP contribution is -2.44. The SMILES string of the molecule is O=C(Nc1ccc(Cl)cc1)N[C@H]1N=Cc2ccccc2NC1=O. The molecule has 2 aromatic carbocycles. The van der Waals surface area contributed by atoms with Crippen LogP contribution >= 0.6 is 11.6 Å². The number of carbonyl (C=O) groups excluding carboxylic acids is 2. The Kier molecular flexibility index (Phi) is 4.25. The van der Waals surface area contributed by atoms with Crippen molar-refractivity contribution in [1.82, 2.24) is 5.32 Å². The smallest absolute Gasteiger partial charge is 0.321 e. The summed E-state index contributed by atoms with van der Waals surface area (Å²) in [5, 5.41) is 8.43. The molecule has 23 heavy (non-hydrogen) atoms. The van der Waals surface area contributed by atoms with E-state index in [9.17, 15) is 9.59 Å². The van der Waals surface area contributed by atoms with Gasteiger partial charge in [-0.1, -0.05) is 29.8 Å². The lowest BCUT2D eigenvalue weighted by Gasteiger charge is -2.13. The van der Waals surface area contributed by atoms with Crippen LogP contribution in [-0.2, 0) is 4.79 Å². The topological polar surface area (TPSA) is 82.6 Å². The average Bonchev–Trinajstić information content (AvgIpc) is 2.69. The zero-order valence-corrected chi connectivity index (χ0v) is 12.7. The molecule has 0 bridgehead atoms. The van der Waals surface area contributed by atoms with Gasteiger partial charge in [0, 0.05) is 28.2 Å². The van der Waals surface area contributed by atoms with Crippen LogP contribution in [0.1, 0.15) is 5.56 Å². The van der Waals surface area contributed by atoms with Crippen molar-refractivity contribution in [3.63, 3.8) is 0 Å². The van der Waals surface area contributed by atoms with Gasteiger partial charge >= 0.3 is 6.03 Å². The number of nitrogens with one attached hydrogen (secondary N) is 3. The number of hydrogen-bond acceptors (Lipinski definition) is 3. The number of halogens is 1. The molecule has 1 aliphatic rings. The maximum Gasteiger partial charge on any atom is 0.321 e. The zero-order chi connectivity index (χ0) is 16.2. The second-order valence-corrected chi connectivity index (χ2v) is 5.30. The molecule has 1 heterocycles. The van der Waals surface area contributed by atoms with E-state index in [4.69, 9.17) is 11.6 Å². The highest BCUT2D eigenvalue weighted by molar-refractivity contribution is 6.30. The quantitative estimate of drug-likeness (QED) is 0.792. The normalized spacial score (nSPS) is 16.0. The molecule has 0 radical (unpaired) electrons. The average molecular weight is 329 g/mol. The summed E-state index contributed by atoms with van der Waals surface area (Å²) >= 11 is 5.78. The first-order valence-corrected chi connectivity index (χ1v) is 7.26. The van der Waals surface area contributed by atoms with Crippen molar-refractivity contribution >= 4 is 41.1 Å². The predicted octanol–water partition coefficient (Wildman–Crippen LogP) is 2.86. The molecule has 3 N–H and O–H groups in total. The molecule has 1 atom stereocenters. The molecule has 0 aromatic heterocycles. The molecule has 0 saturated carbocycles. The van der Waals surface area contributed by atoms with Crippen LogP contribution in [0.5, 0.6) is 0 Å². The first-order valence-electron chi connectivity index (χ1n) is 6.88. The van der Waals surface area contributed by atoms with E-state index in [0.717, 1.165) is 5.56 Å². The Morgan fingerprint density at radius 3 is 2.65 bits per heavy atom. The van der Waals surface area contributed by atoms with Gasteiger partial charge in [0.2, 0.25) is 6.17 Å². The number of hydrogen-bond donors (Lipinski definition) is 3. The van der Waals surface area contributed by atoms with Gasteiger partial charge in [0.15, 0.2) is 0 Å². The van der Waals surface area contributed by atoms with Crippen LogP contribution in [0.25, 0.3) is 0 Å². The molecule has 0 spiro atoms. The number of rotatable bonds is 2. The van der Waals surface area contributed by atoms with Gasteiger partial charge in [0.05, 0.1) is 0 Å². The van der Waals surface area contributed by atoms with Crippen LogP contribution in [-0.4, -0.2) is 24.3 Å². The van der Waals surface area contributed by atoms with Crippen LogP contribution in [0.4, 0.5) is 16.2 Å². The fourth-order valence-electron chi connectivity index (χ4n) is 2.07. The van der Waals surface area contributed by atoms with Gasteiger partial charge in [0.1, 0.15) is 0 Å². The molecule has 3 rings (SSSR count). The second kappa shape index (κ2) is 6.50. The molecule has 0 fully saturated rings. The number of aliphatic imine (C=N–C) groups is 1. The number of anilines is 2. The van der Waals surface area contributed by atoms with Crippen LogP contribution in [0, 0.1) is 0 Å². The van der Waals surface area contributed by atoms with Gasteiger partial charge in [-0.3, -0.25) is 9.79 Å². The lowest BCUT2D eigenvalue weighted by molar-refractivity contribution is -0.117. The molecule has 0 saturated heterocycles. The highest BCUT2D eigenvalue weighted by Crippen LogP contribution is 2.16. The summed E-state index contributed by atoms with van der Waals surface area (Å²) in [5.41, 5.74) is 2.00. The van der Waals surface area contributed by atoms with E-state index < -0.39 is 18.1 Å². The molecule has 7 heteroatoms. The molecule has 0 unspecified atom stereocenters. The largest absolute Gasteiger partial charge is 0.322 e. The molecule has 116 valence electrons. The van der Waals surface area contributed by atoms with Gasteiger partial charge < -0.3 is 16.0 Å². The van der Waals surface area contributed by atoms with Crippen molar-refractivity contribution in [2.75, 3.05) is 10.6 Å². The van der Waals surface area contributed by atoms with Gasteiger partial charge in [-0.25, -0.2) is 4.79 Å². The van der Waals surface area contributed by atoms with Gasteiger partial charge in [-0.15, -0.1) is 0 Å². The van der Waals surface area contributed by atoms with Crippen molar-refractivity contribution in [3.8, 4) is 0 Å². The molecule has 6 nitrogen and oxygen atoms in total. The Hall–Kier alpha value is -2.86. The summed E-state index contributed by atoms with van der Waals surface area (Å²) in [4.78, 5) is 28.2. The molecular weight excluding hydrogens is 316 g/mol. The monoisotopic (exact) mass is 328 g/mol. The van der Waals surface area contributed by atoms with Crippen molar-refractivity contribution in [2.45, 2.75) is 6.17 Å². The van der Waals surface area contributed by atoms with Gasteiger partial charge in [-0.05, 0) is 30.3 Å². The van der Waals surface area contributed by atoms with E-state index in [1.54, 1.807) is 36.5 Å². The van der Waals surface area contributed by atoms with Crippen LogP contribution in [0.3, 0.4) is 0 Å². The number of benzodiazepines with no additional fused rings is 1. The Labute approximate surface area is 137 Å². The third kappa shape index (κ3) is 3.67. The van der Waals surface area contributed by atoms with Gasteiger partial charge in [-0.2, -0.15) is 0 Å². The predicted molar refractivity (Wildman–Crippen MR) is 90.1 cm³/mol. The highest BCUT2D eigenvalue weighted by Gasteiger charge is 2.22. The Morgan fingerprint density at radius 2 is 1.87 bits per heavy atom. The number of nitrogens with zero attached hydrogens (tertiary/aromatic N) is 1. The number of amides is 3. The third-order valence-electron chi connectivity index (χ3n) is 3.20. The summed E-state index contributed by atoms with van der Waals surface area (Å²) < 4.78 is 0. The Morgan fingerprint density at radius 1 is 1.13 bits per heavy atom. The van der Waals surface area contributed by atoms with E-state index >= 15 is 0 Å². The number of para-hydroxylation sites is 1. The van der Waals surface area contributed by atoms with Crippen molar-refractivity contribution in [3.05, 3.63) is 59.1 Å². The first-order chi connectivity index (χ1) is 11.1. The van der Waals surface area contributed by atoms with Gasteiger partial charge in [0.25, 0.3) is 5.91 Å². The Balaban J connectivity index is 1.67. The van der Waals surface area contributed by atoms with Crippen LogP contribution in [0.2, 0.25) is 5.02 Å². The van der Waals surface area contributed by atoms with E-state index in [2.05, 4.69) is 20.9 Å². The fourth-order valence-corrected chi connectivity index (χ4v) is 2.20. The van der Waals surface area contributed by atoms with Crippen LogP contribution < -0.4 is 16.0 Å². The maximum atomic E-state index is 12.1. The molecule has 1 aliphatic heterocycles. The van der Waals surface area contributed by atoms with Crippen molar-refractivity contribution < 1.29 is 9.59 Å². The minimum Gasteiger partial charge on any atom is -0.322 e. The minimum absolute atomic E-state index is 0.405. The minimum atomic E-state index is -1.00. The second-order valence-electron chi connectivity index (χ2n) is 4.86. The highest BCUT2D eigenvalue weighted by atomic mass is 35.5. The van der Waals surface area contributed by atoms with Crippen LogP contribution in [0.15, 0.2) is 53.5 Å². The Bertz CT molecular complexity index is 774. The molecule has 0 aliphatic carbocycles. The maximum absolute atomic E-state index is 12.1. The lowest BCUT2D eigenvalue weighted by atomic mass is 10.2. The summed E-state index contributed by atoms with van der Waals surface area (Å²) in [6.45, 7) is 0.